The maximum absolute atomic E-state index is 2.30. The second-order valence-corrected chi connectivity index (χ2v) is 6.98. The SMILES string of the molecule is CCCCCCCc1ccc(-c2ccc3sccc3c2)cc1. The zero-order valence-corrected chi connectivity index (χ0v) is 14.2. The van der Waals surface area contributed by atoms with Gasteiger partial charge in [-0.05, 0) is 58.5 Å². The topological polar surface area (TPSA) is 0 Å². The van der Waals surface area contributed by atoms with Crippen molar-refractivity contribution in [2.45, 2.75) is 45.4 Å². The van der Waals surface area contributed by atoms with Gasteiger partial charge in [-0.3, -0.25) is 0 Å². The molecule has 3 rings (SSSR count). The molecule has 2 aromatic carbocycles. The van der Waals surface area contributed by atoms with Crippen molar-refractivity contribution in [3.8, 4) is 11.1 Å². The highest BCUT2D eigenvalue weighted by molar-refractivity contribution is 7.17. The third kappa shape index (κ3) is 3.78. The predicted octanol–water partition coefficient (Wildman–Crippen LogP) is 7.08. The van der Waals surface area contributed by atoms with Gasteiger partial charge in [0.25, 0.3) is 0 Å². The molecule has 0 saturated carbocycles. The average Bonchev–Trinajstić information content (AvgIpc) is 3.03. The van der Waals surface area contributed by atoms with Gasteiger partial charge in [0.1, 0.15) is 0 Å². The summed E-state index contributed by atoms with van der Waals surface area (Å²) in [6.45, 7) is 2.27. The second kappa shape index (κ2) is 7.60. The van der Waals surface area contributed by atoms with Crippen LogP contribution in [0.4, 0.5) is 0 Å². The van der Waals surface area contributed by atoms with Crippen LogP contribution < -0.4 is 0 Å². The maximum Gasteiger partial charge on any atom is 0.0343 e. The summed E-state index contributed by atoms with van der Waals surface area (Å²) in [6, 6.07) is 18.1. The quantitative estimate of drug-likeness (QED) is 0.409. The van der Waals surface area contributed by atoms with E-state index in [1.807, 2.05) is 11.3 Å². The highest BCUT2D eigenvalue weighted by Gasteiger charge is 2.01. The van der Waals surface area contributed by atoms with E-state index in [4.69, 9.17) is 0 Å². The molecule has 0 amide bonds. The first-order valence-electron chi connectivity index (χ1n) is 8.43. The van der Waals surface area contributed by atoms with Crippen LogP contribution in [0, 0.1) is 0 Å². The van der Waals surface area contributed by atoms with Crippen LogP contribution in [0.1, 0.15) is 44.6 Å². The Kier molecular flexibility index (Phi) is 5.29. The molecule has 22 heavy (non-hydrogen) atoms. The molecule has 0 nitrogen and oxygen atoms in total. The monoisotopic (exact) mass is 308 g/mol. The lowest BCUT2D eigenvalue weighted by Crippen LogP contribution is -1.86. The van der Waals surface area contributed by atoms with Crippen LogP contribution in [0.5, 0.6) is 0 Å². The summed E-state index contributed by atoms with van der Waals surface area (Å²) < 4.78 is 1.37. The maximum atomic E-state index is 2.30. The number of hydrogen-bond acceptors (Lipinski definition) is 1. The van der Waals surface area contributed by atoms with E-state index in [9.17, 15) is 0 Å². The Bertz CT molecular complexity index is 706. The van der Waals surface area contributed by atoms with Gasteiger partial charge >= 0.3 is 0 Å². The largest absolute Gasteiger partial charge is 0.144 e. The summed E-state index contributed by atoms with van der Waals surface area (Å²) in [7, 11) is 0. The summed E-state index contributed by atoms with van der Waals surface area (Å²) in [5.74, 6) is 0. The first-order valence-corrected chi connectivity index (χ1v) is 9.31. The van der Waals surface area contributed by atoms with E-state index in [0.717, 1.165) is 0 Å². The van der Waals surface area contributed by atoms with E-state index in [1.54, 1.807) is 0 Å². The summed E-state index contributed by atoms with van der Waals surface area (Å²) >= 11 is 1.81. The van der Waals surface area contributed by atoms with Crippen LogP contribution in [0.25, 0.3) is 21.2 Å². The molecule has 0 aliphatic rings. The van der Waals surface area contributed by atoms with Gasteiger partial charge in [-0.2, -0.15) is 0 Å². The Balaban J connectivity index is 1.63. The Morgan fingerprint density at radius 1 is 0.773 bits per heavy atom. The average molecular weight is 308 g/mol. The molecule has 0 bridgehead atoms. The Morgan fingerprint density at radius 2 is 1.55 bits per heavy atom. The number of fused-ring (bicyclic) bond motifs is 1. The molecule has 0 unspecified atom stereocenters. The van der Waals surface area contributed by atoms with Gasteiger partial charge in [0.05, 0.1) is 0 Å². The smallest absolute Gasteiger partial charge is 0.0343 e. The van der Waals surface area contributed by atoms with Crippen molar-refractivity contribution in [2.24, 2.45) is 0 Å². The van der Waals surface area contributed by atoms with Gasteiger partial charge < -0.3 is 0 Å². The molecule has 1 heteroatoms. The number of rotatable bonds is 7. The Labute approximate surface area is 137 Å². The minimum absolute atomic E-state index is 1.22. The number of aryl methyl sites for hydroxylation is 1. The van der Waals surface area contributed by atoms with Crippen LogP contribution in [-0.2, 0) is 6.42 Å². The highest BCUT2D eigenvalue weighted by Crippen LogP contribution is 2.27. The van der Waals surface area contributed by atoms with Crippen molar-refractivity contribution in [2.75, 3.05) is 0 Å². The first kappa shape index (κ1) is 15.3. The molecule has 0 fully saturated rings. The van der Waals surface area contributed by atoms with E-state index in [2.05, 4.69) is 60.8 Å². The molecule has 1 aromatic heterocycles. The number of benzene rings is 2. The minimum atomic E-state index is 1.22. The number of unbranched alkanes of at least 4 members (excludes halogenated alkanes) is 4. The molecule has 114 valence electrons. The molecule has 0 atom stereocenters. The van der Waals surface area contributed by atoms with Gasteiger partial charge in [0, 0.05) is 4.70 Å². The van der Waals surface area contributed by atoms with Crippen LogP contribution in [0.3, 0.4) is 0 Å². The molecule has 0 saturated heterocycles. The van der Waals surface area contributed by atoms with Crippen LogP contribution in [-0.4, -0.2) is 0 Å². The van der Waals surface area contributed by atoms with E-state index < -0.39 is 0 Å². The summed E-state index contributed by atoms with van der Waals surface area (Å²) in [5.41, 5.74) is 4.11. The molecular weight excluding hydrogens is 284 g/mol. The molecule has 3 aromatic rings. The normalized spacial score (nSPS) is 11.1. The zero-order chi connectivity index (χ0) is 15.2. The third-order valence-corrected chi connectivity index (χ3v) is 5.21. The number of thiophene rings is 1. The molecular formula is C21H24S. The first-order chi connectivity index (χ1) is 10.9. The zero-order valence-electron chi connectivity index (χ0n) is 13.3. The fourth-order valence-corrected chi connectivity index (χ4v) is 3.71. The fourth-order valence-electron chi connectivity index (χ4n) is 2.94. The Morgan fingerprint density at radius 3 is 2.36 bits per heavy atom. The lowest BCUT2D eigenvalue weighted by atomic mass is 10.0. The fraction of sp³-hybridized carbons (Fsp3) is 0.333. The van der Waals surface area contributed by atoms with E-state index in [-0.39, 0.29) is 0 Å². The van der Waals surface area contributed by atoms with E-state index in [1.165, 1.54) is 65.3 Å². The molecule has 0 N–H and O–H groups in total. The van der Waals surface area contributed by atoms with Gasteiger partial charge in [-0.15, -0.1) is 11.3 Å². The second-order valence-electron chi connectivity index (χ2n) is 6.03. The van der Waals surface area contributed by atoms with Crippen molar-refractivity contribution in [1.82, 2.24) is 0 Å². The Hall–Kier alpha value is -1.60. The summed E-state index contributed by atoms with van der Waals surface area (Å²) in [6.07, 6.45) is 7.99. The van der Waals surface area contributed by atoms with Gasteiger partial charge in [-0.25, -0.2) is 0 Å². The van der Waals surface area contributed by atoms with E-state index in [0.29, 0.717) is 0 Å². The number of hydrogen-bond donors (Lipinski definition) is 0. The van der Waals surface area contributed by atoms with Crippen molar-refractivity contribution in [1.29, 1.82) is 0 Å². The lowest BCUT2D eigenvalue weighted by molar-refractivity contribution is 0.632. The molecule has 0 radical (unpaired) electrons. The van der Waals surface area contributed by atoms with Gasteiger partial charge in [0.15, 0.2) is 0 Å². The summed E-state index contributed by atoms with van der Waals surface area (Å²) in [5, 5.41) is 3.51. The molecule has 1 heterocycles. The van der Waals surface area contributed by atoms with Crippen molar-refractivity contribution < 1.29 is 0 Å². The van der Waals surface area contributed by atoms with Crippen molar-refractivity contribution in [3.05, 3.63) is 59.5 Å². The predicted molar refractivity (Wildman–Crippen MR) is 99.7 cm³/mol. The van der Waals surface area contributed by atoms with Crippen LogP contribution in [0.15, 0.2) is 53.9 Å². The molecule has 0 aliphatic heterocycles. The van der Waals surface area contributed by atoms with Gasteiger partial charge in [-0.1, -0.05) is 62.9 Å². The van der Waals surface area contributed by atoms with Crippen LogP contribution in [0.2, 0.25) is 0 Å². The van der Waals surface area contributed by atoms with Crippen LogP contribution >= 0.6 is 11.3 Å². The molecule has 0 aliphatic carbocycles. The van der Waals surface area contributed by atoms with Crippen molar-refractivity contribution >= 4 is 21.4 Å². The standard InChI is InChI=1S/C21H24S/c1-2-3-4-5-6-7-17-8-10-18(11-9-17)19-12-13-21-20(16-19)14-15-22-21/h8-16H,2-7H2,1H3. The van der Waals surface area contributed by atoms with Crippen molar-refractivity contribution in [3.63, 3.8) is 0 Å². The third-order valence-electron chi connectivity index (χ3n) is 4.31. The van der Waals surface area contributed by atoms with Gasteiger partial charge in [0.2, 0.25) is 0 Å². The lowest BCUT2D eigenvalue weighted by Gasteiger charge is -2.05. The van der Waals surface area contributed by atoms with E-state index >= 15 is 0 Å². The highest BCUT2D eigenvalue weighted by atomic mass is 32.1. The summed E-state index contributed by atoms with van der Waals surface area (Å²) in [4.78, 5) is 0. The minimum Gasteiger partial charge on any atom is -0.144 e. The molecule has 0 spiro atoms.